The summed E-state index contributed by atoms with van der Waals surface area (Å²) in [5, 5.41) is 0. The number of nitrogens with zero attached hydrogens (tertiary/aromatic N) is 3. The van der Waals surface area contributed by atoms with Crippen LogP contribution in [0.4, 0.5) is 0 Å². The molecule has 2 aliphatic rings. The highest BCUT2D eigenvalue weighted by molar-refractivity contribution is 5.96. The van der Waals surface area contributed by atoms with Gasteiger partial charge in [-0.25, -0.2) is 0 Å². The molecule has 1 unspecified atom stereocenters. The first-order valence-corrected chi connectivity index (χ1v) is 11.7. The zero-order valence-corrected chi connectivity index (χ0v) is 19.3. The van der Waals surface area contributed by atoms with Crippen LogP contribution in [0, 0.1) is 6.92 Å². The van der Waals surface area contributed by atoms with E-state index < -0.39 is 0 Å². The van der Waals surface area contributed by atoms with Gasteiger partial charge in [0, 0.05) is 56.9 Å². The van der Waals surface area contributed by atoms with Crippen molar-refractivity contribution < 1.29 is 19.1 Å². The van der Waals surface area contributed by atoms with Crippen LogP contribution in [0.25, 0.3) is 0 Å². The number of carbonyl (C=O) groups is 2. The molecule has 2 aromatic rings. The number of carbonyl (C=O) groups excluding carboxylic acids is 2. The summed E-state index contributed by atoms with van der Waals surface area (Å²) in [7, 11) is 0. The Morgan fingerprint density at radius 3 is 2.45 bits per heavy atom. The maximum Gasteiger partial charge on any atom is 0.254 e. The average Bonchev–Trinajstić information content (AvgIpc) is 2.87. The lowest BCUT2D eigenvalue weighted by molar-refractivity contribution is -0.0347. The van der Waals surface area contributed by atoms with E-state index in [0.29, 0.717) is 38.3 Å². The highest BCUT2D eigenvalue weighted by atomic mass is 16.5. The summed E-state index contributed by atoms with van der Waals surface area (Å²) in [5.41, 5.74) is 2.36. The quantitative estimate of drug-likeness (QED) is 0.647. The minimum absolute atomic E-state index is 0.00480. The number of ether oxygens (including phenoxy) is 2. The van der Waals surface area contributed by atoms with Crippen molar-refractivity contribution in [3.8, 4) is 0 Å². The largest absolute Gasteiger partial charge is 0.379 e. The van der Waals surface area contributed by atoms with Crippen molar-refractivity contribution in [1.29, 1.82) is 0 Å². The van der Waals surface area contributed by atoms with E-state index in [1.807, 2.05) is 71.3 Å². The molecule has 2 aromatic carbocycles. The molecule has 176 valence electrons. The van der Waals surface area contributed by atoms with Crippen LogP contribution in [-0.2, 0) is 9.47 Å². The van der Waals surface area contributed by atoms with Gasteiger partial charge in [0.25, 0.3) is 11.8 Å². The van der Waals surface area contributed by atoms with E-state index in [0.717, 1.165) is 44.0 Å². The number of amides is 2. The molecule has 4 rings (SSSR count). The third-order valence-corrected chi connectivity index (χ3v) is 6.32. The number of morpholine rings is 2. The van der Waals surface area contributed by atoms with E-state index in [1.54, 1.807) is 0 Å². The summed E-state index contributed by atoms with van der Waals surface area (Å²) in [6.07, 6.45) is -0.218. The molecule has 0 aliphatic carbocycles. The first kappa shape index (κ1) is 23.4. The van der Waals surface area contributed by atoms with Gasteiger partial charge in [0.05, 0.1) is 25.9 Å². The molecule has 0 saturated carbocycles. The molecule has 0 radical (unpaired) electrons. The molecule has 1 atom stereocenters. The molecular weight excluding hydrogens is 418 g/mol. The van der Waals surface area contributed by atoms with Crippen LogP contribution in [0.3, 0.4) is 0 Å². The zero-order valence-electron chi connectivity index (χ0n) is 19.3. The molecule has 2 heterocycles. The minimum Gasteiger partial charge on any atom is -0.379 e. The second-order valence-corrected chi connectivity index (χ2v) is 8.63. The SMILES string of the molecule is Cc1ccccc1C(=O)N1CCOC(CN(CCN2CCOCC2)C(=O)c2ccccc2)C1. The van der Waals surface area contributed by atoms with Gasteiger partial charge in [-0.05, 0) is 30.7 Å². The van der Waals surface area contributed by atoms with E-state index in [-0.39, 0.29) is 17.9 Å². The van der Waals surface area contributed by atoms with E-state index in [1.165, 1.54) is 0 Å². The van der Waals surface area contributed by atoms with Crippen molar-refractivity contribution >= 4 is 11.8 Å². The topological polar surface area (TPSA) is 62.3 Å². The average molecular weight is 452 g/mol. The van der Waals surface area contributed by atoms with Gasteiger partial charge in [0.2, 0.25) is 0 Å². The van der Waals surface area contributed by atoms with Crippen LogP contribution in [0.2, 0.25) is 0 Å². The second-order valence-electron chi connectivity index (χ2n) is 8.63. The Morgan fingerprint density at radius 2 is 1.70 bits per heavy atom. The molecule has 2 fully saturated rings. The highest BCUT2D eigenvalue weighted by Crippen LogP contribution is 2.16. The lowest BCUT2D eigenvalue weighted by atomic mass is 10.1. The Hall–Kier alpha value is -2.74. The summed E-state index contributed by atoms with van der Waals surface area (Å²) in [6.45, 7) is 8.54. The zero-order chi connectivity index (χ0) is 23.0. The molecule has 0 spiro atoms. The number of benzene rings is 2. The Labute approximate surface area is 195 Å². The molecule has 2 saturated heterocycles. The molecule has 7 heteroatoms. The molecule has 2 amide bonds. The van der Waals surface area contributed by atoms with Gasteiger partial charge in [-0.15, -0.1) is 0 Å². The van der Waals surface area contributed by atoms with E-state index in [4.69, 9.17) is 9.47 Å². The fraction of sp³-hybridized carbons (Fsp3) is 0.462. The van der Waals surface area contributed by atoms with Crippen molar-refractivity contribution in [2.45, 2.75) is 13.0 Å². The lowest BCUT2D eigenvalue weighted by Crippen LogP contribution is -2.52. The van der Waals surface area contributed by atoms with Crippen LogP contribution < -0.4 is 0 Å². The maximum atomic E-state index is 13.3. The van der Waals surface area contributed by atoms with Crippen LogP contribution >= 0.6 is 0 Å². The normalized spacial score (nSPS) is 19.3. The van der Waals surface area contributed by atoms with E-state index >= 15 is 0 Å². The van der Waals surface area contributed by atoms with Crippen molar-refractivity contribution in [3.05, 3.63) is 71.3 Å². The highest BCUT2D eigenvalue weighted by Gasteiger charge is 2.29. The Morgan fingerprint density at radius 1 is 0.970 bits per heavy atom. The van der Waals surface area contributed by atoms with Gasteiger partial charge >= 0.3 is 0 Å². The molecule has 0 bridgehead atoms. The van der Waals surface area contributed by atoms with Gasteiger partial charge in [0.1, 0.15) is 0 Å². The van der Waals surface area contributed by atoms with Crippen LogP contribution in [0.15, 0.2) is 54.6 Å². The van der Waals surface area contributed by atoms with Gasteiger partial charge < -0.3 is 19.3 Å². The van der Waals surface area contributed by atoms with Gasteiger partial charge in [-0.1, -0.05) is 36.4 Å². The van der Waals surface area contributed by atoms with Gasteiger partial charge in [-0.3, -0.25) is 14.5 Å². The Bertz CT molecular complexity index is 930. The van der Waals surface area contributed by atoms with E-state index in [2.05, 4.69) is 4.90 Å². The Kier molecular flexibility index (Phi) is 8.10. The summed E-state index contributed by atoms with van der Waals surface area (Å²) >= 11 is 0. The minimum atomic E-state index is -0.218. The molecule has 0 aromatic heterocycles. The number of rotatable bonds is 7. The molecular formula is C26H33N3O4. The second kappa shape index (κ2) is 11.4. The number of aryl methyl sites for hydroxylation is 1. The third-order valence-electron chi connectivity index (χ3n) is 6.32. The first-order chi connectivity index (χ1) is 16.1. The standard InChI is InChI=1S/C26H33N3O4/c1-21-7-5-6-10-24(21)26(31)29-15-18-33-23(20-29)19-28(12-11-27-13-16-32-17-14-27)25(30)22-8-3-2-4-9-22/h2-10,23H,11-20H2,1H3. The fourth-order valence-corrected chi connectivity index (χ4v) is 4.37. The third kappa shape index (κ3) is 6.19. The first-order valence-electron chi connectivity index (χ1n) is 11.7. The van der Waals surface area contributed by atoms with Crippen LogP contribution in [-0.4, -0.2) is 98.3 Å². The molecule has 0 N–H and O–H groups in total. The van der Waals surface area contributed by atoms with Crippen LogP contribution in [0.5, 0.6) is 0 Å². The summed E-state index contributed by atoms with van der Waals surface area (Å²) in [5.74, 6) is 0.0189. The number of hydrogen-bond donors (Lipinski definition) is 0. The maximum absolute atomic E-state index is 13.3. The van der Waals surface area contributed by atoms with Crippen molar-refractivity contribution in [2.24, 2.45) is 0 Å². The summed E-state index contributed by atoms with van der Waals surface area (Å²) in [4.78, 5) is 32.5. The fourth-order valence-electron chi connectivity index (χ4n) is 4.37. The monoisotopic (exact) mass is 451 g/mol. The number of hydrogen-bond acceptors (Lipinski definition) is 5. The molecule has 2 aliphatic heterocycles. The molecule has 33 heavy (non-hydrogen) atoms. The van der Waals surface area contributed by atoms with Crippen molar-refractivity contribution in [1.82, 2.24) is 14.7 Å². The van der Waals surface area contributed by atoms with Gasteiger partial charge in [-0.2, -0.15) is 0 Å². The summed E-state index contributed by atoms with van der Waals surface area (Å²) < 4.78 is 11.5. The van der Waals surface area contributed by atoms with Crippen molar-refractivity contribution in [3.63, 3.8) is 0 Å². The lowest BCUT2D eigenvalue weighted by Gasteiger charge is -2.37. The predicted octanol–water partition coefficient (Wildman–Crippen LogP) is 2.31. The smallest absolute Gasteiger partial charge is 0.254 e. The molecule has 7 nitrogen and oxygen atoms in total. The van der Waals surface area contributed by atoms with E-state index in [9.17, 15) is 9.59 Å². The van der Waals surface area contributed by atoms with Crippen LogP contribution in [0.1, 0.15) is 26.3 Å². The van der Waals surface area contributed by atoms with Gasteiger partial charge in [0.15, 0.2) is 0 Å². The van der Waals surface area contributed by atoms with Crippen molar-refractivity contribution in [2.75, 3.05) is 65.6 Å². The summed E-state index contributed by atoms with van der Waals surface area (Å²) in [6, 6.07) is 17.0. The Balaban J connectivity index is 1.43. The predicted molar refractivity (Wildman–Crippen MR) is 126 cm³/mol.